The second kappa shape index (κ2) is 0.576. The first-order valence-corrected chi connectivity index (χ1v) is 2.88. The summed E-state index contributed by atoms with van der Waals surface area (Å²) < 4.78 is 0. The Morgan fingerprint density at radius 3 is 1.86 bits per heavy atom. The number of hydrogen-bond donors (Lipinski definition) is 1. The average Bonchev–Trinajstić information content (AvgIpc) is 2.26. The summed E-state index contributed by atoms with van der Waals surface area (Å²) in [5.74, 6) is 0.889. The highest BCUT2D eigenvalue weighted by atomic mass is 15.0. The third kappa shape index (κ3) is 0.194. The van der Waals surface area contributed by atoms with Crippen LogP contribution in [0.2, 0.25) is 0 Å². The van der Waals surface area contributed by atoms with E-state index in [0.717, 1.165) is 5.92 Å². The van der Waals surface area contributed by atoms with Gasteiger partial charge in [0.15, 0.2) is 0 Å². The van der Waals surface area contributed by atoms with Gasteiger partial charge in [-0.05, 0) is 24.7 Å². The fourth-order valence-electron chi connectivity index (χ4n) is 1.69. The van der Waals surface area contributed by atoms with E-state index in [1.165, 1.54) is 6.42 Å². The minimum Gasteiger partial charge on any atom is -0.325 e. The van der Waals surface area contributed by atoms with Crippen molar-refractivity contribution in [3.63, 3.8) is 0 Å². The van der Waals surface area contributed by atoms with Crippen molar-refractivity contribution in [3.8, 4) is 0 Å². The molecule has 2 aliphatic carbocycles. The van der Waals surface area contributed by atoms with Crippen LogP contribution < -0.4 is 5.73 Å². The van der Waals surface area contributed by atoms with E-state index in [-0.39, 0.29) is 5.54 Å². The molecule has 2 saturated carbocycles. The second-order valence-corrected chi connectivity index (χ2v) is 3.46. The predicted octanol–water partition coefficient (Wildman–Crippen LogP) is 0.744. The zero-order chi connectivity index (χ0) is 5.28. The van der Waals surface area contributed by atoms with Gasteiger partial charge in [0.1, 0.15) is 0 Å². The highest BCUT2D eigenvalue weighted by Gasteiger charge is 2.82. The quantitative estimate of drug-likeness (QED) is 0.474. The maximum absolute atomic E-state index is 5.79. The van der Waals surface area contributed by atoms with Gasteiger partial charge in [-0.15, -0.1) is 0 Å². The smallest absolute Gasteiger partial charge is 0.0218 e. The van der Waals surface area contributed by atoms with Crippen LogP contribution in [-0.4, -0.2) is 5.54 Å². The Labute approximate surface area is 43.9 Å². The van der Waals surface area contributed by atoms with Crippen molar-refractivity contribution in [2.45, 2.75) is 25.8 Å². The fourth-order valence-corrected chi connectivity index (χ4v) is 1.69. The van der Waals surface area contributed by atoms with Crippen LogP contribution in [0, 0.1) is 11.3 Å². The van der Waals surface area contributed by atoms with Crippen molar-refractivity contribution >= 4 is 0 Å². The molecular weight excluding hydrogens is 86.1 g/mol. The van der Waals surface area contributed by atoms with E-state index in [2.05, 4.69) is 13.8 Å². The first-order valence-electron chi connectivity index (χ1n) is 2.88. The van der Waals surface area contributed by atoms with Crippen molar-refractivity contribution in [1.82, 2.24) is 0 Å². The summed E-state index contributed by atoms with van der Waals surface area (Å²) in [6.07, 6.45) is 1.39. The van der Waals surface area contributed by atoms with Gasteiger partial charge in [0.05, 0.1) is 0 Å². The average molecular weight is 97.2 g/mol. The van der Waals surface area contributed by atoms with Crippen LogP contribution in [0.15, 0.2) is 0 Å². The molecule has 40 valence electrons. The van der Waals surface area contributed by atoms with Crippen molar-refractivity contribution < 1.29 is 0 Å². The Hall–Kier alpha value is -0.0400. The molecule has 2 fully saturated rings. The maximum Gasteiger partial charge on any atom is 0.0218 e. The van der Waals surface area contributed by atoms with Crippen molar-refractivity contribution in [2.24, 2.45) is 17.1 Å². The van der Waals surface area contributed by atoms with E-state index in [4.69, 9.17) is 5.73 Å². The molecule has 7 heavy (non-hydrogen) atoms. The van der Waals surface area contributed by atoms with Crippen molar-refractivity contribution in [2.75, 3.05) is 0 Å². The highest BCUT2D eigenvalue weighted by Crippen LogP contribution is 2.80. The van der Waals surface area contributed by atoms with Gasteiger partial charge in [-0.25, -0.2) is 0 Å². The summed E-state index contributed by atoms with van der Waals surface area (Å²) in [5.41, 5.74) is 6.63. The molecular formula is C6H11N. The SMILES string of the molecule is CC1(N)C2CC21C. The third-order valence-corrected chi connectivity index (χ3v) is 3.11. The number of hydrogen-bond acceptors (Lipinski definition) is 1. The summed E-state index contributed by atoms with van der Waals surface area (Å²) >= 11 is 0. The maximum atomic E-state index is 5.79. The standard InChI is InChI=1S/C6H11N/c1-5-3-4(5)6(5,2)7/h4H,3,7H2,1-2H3. The van der Waals surface area contributed by atoms with Crippen molar-refractivity contribution in [1.29, 1.82) is 0 Å². The lowest BCUT2D eigenvalue weighted by molar-refractivity contribution is 0.470. The van der Waals surface area contributed by atoms with Crippen LogP contribution in [0.5, 0.6) is 0 Å². The van der Waals surface area contributed by atoms with Gasteiger partial charge in [-0.1, -0.05) is 6.92 Å². The van der Waals surface area contributed by atoms with E-state index in [1.807, 2.05) is 0 Å². The largest absolute Gasteiger partial charge is 0.325 e. The molecule has 0 aliphatic heterocycles. The van der Waals surface area contributed by atoms with Gasteiger partial charge >= 0.3 is 0 Å². The normalized spacial score (nSPS) is 75.0. The van der Waals surface area contributed by atoms with Crippen LogP contribution >= 0.6 is 0 Å². The zero-order valence-electron chi connectivity index (χ0n) is 4.86. The highest BCUT2D eigenvalue weighted by molar-refractivity contribution is 5.35. The lowest BCUT2D eigenvalue weighted by Crippen LogP contribution is -2.29. The summed E-state index contributed by atoms with van der Waals surface area (Å²) in [4.78, 5) is 0. The monoisotopic (exact) mass is 97.1 g/mol. The topological polar surface area (TPSA) is 26.0 Å². The molecule has 0 heterocycles. The zero-order valence-corrected chi connectivity index (χ0v) is 4.86. The lowest BCUT2D eigenvalue weighted by atomic mass is 10.0. The molecule has 0 saturated heterocycles. The van der Waals surface area contributed by atoms with Gasteiger partial charge < -0.3 is 5.73 Å². The Balaban J connectivity index is 2.28. The molecule has 2 N–H and O–H groups in total. The molecule has 2 aliphatic rings. The molecule has 0 aromatic rings. The van der Waals surface area contributed by atoms with Crippen LogP contribution in [0.25, 0.3) is 0 Å². The molecule has 0 spiro atoms. The molecule has 1 heteroatoms. The van der Waals surface area contributed by atoms with Gasteiger partial charge in [0.25, 0.3) is 0 Å². The molecule has 2 rings (SSSR count). The van der Waals surface area contributed by atoms with Crippen LogP contribution in [0.3, 0.4) is 0 Å². The van der Waals surface area contributed by atoms with Crippen LogP contribution in [-0.2, 0) is 0 Å². The van der Waals surface area contributed by atoms with E-state index in [1.54, 1.807) is 0 Å². The van der Waals surface area contributed by atoms with Crippen molar-refractivity contribution in [3.05, 3.63) is 0 Å². The molecule has 1 nitrogen and oxygen atoms in total. The van der Waals surface area contributed by atoms with E-state index < -0.39 is 0 Å². The summed E-state index contributed by atoms with van der Waals surface area (Å²) in [6.45, 7) is 4.43. The molecule has 3 unspecified atom stereocenters. The van der Waals surface area contributed by atoms with E-state index in [9.17, 15) is 0 Å². The van der Waals surface area contributed by atoms with Gasteiger partial charge in [-0.2, -0.15) is 0 Å². The Morgan fingerprint density at radius 1 is 1.57 bits per heavy atom. The summed E-state index contributed by atoms with van der Waals surface area (Å²) in [7, 11) is 0. The minimum absolute atomic E-state index is 0.243. The Bertz CT molecular complexity index is 119. The molecule has 0 aromatic heterocycles. The molecule has 3 atom stereocenters. The van der Waals surface area contributed by atoms with E-state index >= 15 is 0 Å². The molecule has 0 amide bonds. The van der Waals surface area contributed by atoms with Crippen LogP contribution in [0.1, 0.15) is 20.3 Å². The third-order valence-electron chi connectivity index (χ3n) is 3.11. The Morgan fingerprint density at radius 2 is 1.86 bits per heavy atom. The number of nitrogens with two attached hydrogens (primary N) is 1. The second-order valence-electron chi connectivity index (χ2n) is 3.46. The fraction of sp³-hybridized carbons (Fsp3) is 1.00. The molecule has 0 radical (unpaired) electrons. The first-order chi connectivity index (χ1) is 3.09. The van der Waals surface area contributed by atoms with E-state index in [0.29, 0.717) is 5.41 Å². The lowest BCUT2D eigenvalue weighted by Gasteiger charge is -2.11. The summed E-state index contributed by atoms with van der Waals surface area (Å²) in [6, 6.07) is 0. The van der Waals surface area contributed by atoms with Gasteiger partial charge in [-0.3, -0.25) is 0 Å². The minimum atomic E-state index is 0.243. The first kappa shape index (κ1) is 3.90. The molecule has 0 aromatic carbocycles. The summed E-state index contributed by atoms with van der Waals surface area (Å²) in [5, 5.41) is 0. The Kier molecular flexibility index (Phi) is 0.321. The van der Waals surface area contributed by atoms with Gasteiger partial charge in [0, 0.05) is 5.54 Å². The molecule has 0 bridgehead atoms. The van der Waals surface area contributed by atoms with Crippen LogP contribution in [0.4, 0.5) is 0 Å². The number of rotatable bonds is 0. The predicted molar refractivity (Wildman–Crippen MR) is 28.8 cm³/mol. The number of fused-ring (bicyclic) bond motifs is 1. The van der Waals surface area contributed by atoms with Gasteiger partial charge in [0.2, 0.25) is 0 Å².